The van der Waals surface area contributed by atoms with Crippen molar-refractivity contribution in [3.63, 3.8) is 0 Å². The molecule has 10 heteroatoms. The second-order valence-electron chi connectivity index (χ2n) is 8.88. The van der Waals surface area contributed by atoms with Crippen LogP contribution in [0.4, 0.5) is 24.8 Å². The van der Waals surface area contributed by atoms with Crippen LogP contribution in [0.2, 0.25) is 0 Å². The molecule has 4 aromatic rings. The summed E-state index contributed by atoms with van der Waals surface area (Å²) in [5.41, 5.74) is 8.27. The molecule has 0 aliphatic carbocycles. The molecule has 1 heterocycles. The Balaban J connectivity index is 1.62. The van der Waals surface area contributed by atoms with Crippen molar-refractivity contribution in [1.82, 2.24) is 14.9 Å². The summed E-state index contributed by atoms with van der Waals surface area (Å²) < 4.78 is 46.0. The third kappa shape index (κ3) is 6.34. The van der Waals surface area contributed by atoms with Gasteiger partial charge < -0.3 is 20.7 Å². The standard InChI is InChI=1S/C27H26F3N5O2/c1-16-4-5-18(11-23(16)17-6-7-24-19(10-17)15-32-26(31)34-24)25(36)33-21-12-20(27(28,29)30)13-22(14-21)37-9-8-35(2)3/h4-7,10-15H,8-9H2,1-3H3,(H,33,36)(H2,31,32,34). The molecule has 0 fully saturated rings. The molecule has 0 saturated heterocycles. The number of nitrogens with one attached hydrogen (secondary N) is 1. The van der Waals surface area contributed by atoms with Crippen LogP contribution in [0.15, 0.2) is 60.8 Å². The summed E-state index contributed by atoms with van der Waals surface area (Å²) in [6.45, 7) is 2.63. The number of carbonyl (C=O) groups is 1. The van der Waals surface area contributed by atoms with Crippen molar-refractivity contribution < 1.29 is 22.7 Å². The van der Waals surface area contributed by atoms with Gasteiger partial charge in [-0.15, -0.1) is 0 Å². The molecule has 3 N–H and O–H groups in total. The molecule has 0 aliphatic heterocycles. The summed E-state index contributed by atoms with van der Waals surface area (Å²) in [6, 6.07) is 13.9. The minimum atomic E-state index is -4.60. The predicted octanol–water partition coefficient (Wildman–Crippen LogP) is 5.40. The van der Waals surface area contributed by atoms with Crippen LogP contribution in [0.5, 0.6) is 5.75 Å². The number of nitrogen functional groups attached to an aromatic ring is 1. The summed E-state index contributed by atoms with van der Waals surface area (Å²) in [7, 11) is 3.66. The van der Waals surface area contributed by atoms with Gasteiger partial charge in [-0.05, 0) is 74.1 Å². The second kappa shape index (κ2) is 10.4. The Bertz CT molecular complexity index is 1450. The van der Waals surface area contributed by atoms with E-state index in [4.69, 9.17) is 10.5 Å². The number of benzene rings is 3. The van der Waals surface area contributed by atoms with Gasteiger partial charge in [0.1, 0.15) is 12.4 Å². The Morgan fingerprint density at radius 1 is 1.08 bits per heavy atom. The van der Waals surface area contributed by atoms with Gasteiger partial charge in [-0.25, -0.2) is 9.97 Å². The van der Waals surface area contributed by atoms with Crippen LogP contribution in [-0.2, 0) is 6.18 Å². The van der Waals surface area contributed by atoms with E-state index in [-0.39, 0.29) is 24.0 Å². The molecule has 0 bridgehead atoms. The van der Waals surface area contributed by atoms with E-state index in [1.165, 1.54) is 6.07 Å². The number of carbonyl (C=O) groups excluding carboxylic acids is 1. The average molecular weight is 510 g/mol. The lowest BCUT2D eigenvalue weighted by Gasteiger charge is -2.16. The first-order chi connectivity index (χ1) is 17.5. The second-order valence-corrected chi connectivity index (χ2v) is 8.88. The van der Waals surface area contributed by atoms with Crippen molar-refractivity contribution in [3.05, 3.63) is 77.5 Å². The monoisotopic (exact) mass is 509 g/mol. The average Bonchev–Trinajstić information content (AvgIpc) is 2.83. The minimum Gasteiger partial charge on any atom is -0.492 e. The number of fused-ring (bicyclic) bond motifs is 1. The van der Waals surface area contributed by atoms with E-state index < -0.39 is 17.6 Å². The molecule has 4 rings (SSSR count). The van der Waals surface area contributed by atoms with Gasteiger partial charge in [-0.2, -0.15) is 13.2 Å². The normalized spacial score (nSPS) is 11.6. The third-order valence-electron chi connectivity index (χ3n) is 5.71. The Kier molecular flexibility index (Phi) is 7.30. The number of nitrogens with two attached hydrogens (primary N) is 1. The maximum atomic E-state index is 13.5. The number of rotatable bonds is 7. The minimum absolute atomic E-state index is 0.0118. The van der Waals surface area contributed by atoms with Crippen molar-refractivity contribution in [2.75, 3.05) is 38.3 Å². The van der Waals surface area contributed by atoms with E-state index in [0.717, 1.165) is 34.2 Å². The highest BCUT2D eigenvalue weighted by Crippen LogP contribution is 2.34. The number of aryl methyl sites for hydroxylation is 1. The number of halogens is 3. The number of alkyl halides is 3. The lowest BCUT2D eigenvalue weighted by molar-refractivity contribution is -0.137. The number of hydrogen-bond acceptors (Lipinski definition) is 6. The van der Waals surface area contributed by atoms with E-state index in [9.17, 15) is 18.0 Å². The van der Waals surface area contributed by atoms with E-state index in [2.05, 4.69) is 15.3 Å². The topological polar surface area (TPSA) is 93.4 Å². The van der Waals surface area contributed by atoms with Crippen LogP contribution >= 0.6 is 0 Å². The van der Waals surface area contributed by atoms with Gasteiger partial charge in [0.05, 0.1) is 11.1 Å². The molecule has 7 nitrogen and oxygen atoms in total. The van der Waals surface area contributed by atoms with Crippen LogP contribution in [0, 0.1) is 6.92 Å². The number of anilines is 2. The van der Waals surface area contributed by atoms with Crippen LogP contribution in [0.3, 0.4) is 0 Å². The molecule has 0 aliphatic rings. The highest BCUT2D eigenvalue weighted by molar-refractivity contribution is 6.05. The summed E-state index contributed by atoms with van der Waals surface area (Å²) in [5, 5.41) is 3.37. The van der Waals surface area contributed by atoms with E-state index in [1.54, 1.807) is 24.4 Å². The van der Waals surface area contributed by atoms with E-state index >= 15 is 0 Å². The summed E-state index contributed by atoms with van der Waals surface area (Å²) >= 11 is 0. The fraction of sp³-hybridized carbons (Fsp3) is 0.222. The molecule has 1 amide bonds. The van der Waals surface area contributed by atoms with Crippen molar-refractivity contribution >= 4 is 28.4 Å². The van der Waals surface area contributed by atoms with Gasteiger partial charge in [-0.1, -0.05) is 12.1 Å². The maximum Gasteiger partial charge on any atom is 0.416 e. The molecule has 0 unspecified atom stereocenters. The molecular formula is C27H26F3N5O2. The van der Waals surface area contributed by atoms with Crippen molar-refractivity contribution in [2.24, 2.45) is 0 Å². The lowest BCUT2D eigenvalue weighted by atomic mass is 9.97. The largest absolute Gasteiger partial charge is 0.492 e. The SMILES string of the molecule is Cc1ccc(C(=O)Nc2cc(OCCN(C)C)cc(C(F)(F)F)c2)cc1-c1ccc2nc(N)ncc2c1. The maximum absolute atomic E-state index is 13.5. The fourth-order valence-corrected chi connectivity index (χ4v) is 3.76. The fourth-order valence-electron chi connectivity index (χ4n) is 3.76. The van der Waals surface area contributed by atoms with Gasteiger partial charge in [0.2, 0.25) is 5.95 Å². The highest BCUT2D eigenvalue weighted by Gasteiger charge is 2.31. The highest BCUT2D eigenvalue weighted by atomic mass is 19.4. The predicted molar refractivity (Wildman–Crippen MR) is 138 cm³/mol. The Morgan fingerprint density at radius 3 is 2.59 bits per heavy atom. The molecular weight excluding hydrogens is 483 g/mol. The Morgan fingerprint density at radius 2 is 1.86 bits per heavy atom. The van der Waals surface area contributed by atoms with Crippen molar-refractivity contribution in [1.29, 1.82) is 0 Å². The number of amides is 1. The first kappa shape index (κ1) is 25.9. The van der Waals surface area contributed by atoms with Crippen molar-refractivity contribution in [3.8, 4) is 16.9 Å². The molecule has 1 aromatic heterocycles. The smallest absolute Gasteiger partial charge is 0.416 e. The molecule has 0 atom stereocenters. The Hall–Kier alpha value is -4.18. The van der Waals surface area contributed by atoms with Crippen LogP contribution in [0.1, 0.15) is 21.5 Å². The van der Waals surface area contributed by atoms with Gasteiger partial charge in [0, 0.05) is 35.4 Å². The van der Waals surface area contributed by atoms with E-state index in [1.807, 2.05) is 44.1 Å². The molecule has 37 heavy (non-hydrogen) atoms. The van der Waals surface area contributed by atoms with Crippen LogP contribution in [-0.4, -0.2) is 48.0 Å². The summed E-state index contributed by atoms with van der Waals surface area (Å²) in [6.07, 6.45) is -2.97. The molecule has 192 valence electrons. The third-order valence-corrected chi connectivity index (χ3v) is 5.71. The summed E-state index contributed by atoms with van der Waals surface area (Å²) in [4.78, 5) is 23.1. The van der Waals surface area contributed by atoms with Gasteiger partial charge in [0.15, 0.2) is 0 Å². The van der Waals surface area contributed by atoms with Gasteiger partial charge in [0.25, 0.3) is 5.91 Å². The van der Waals surface area contributed by atoms with Crippen LogP contribution in [0.25, 0.3) is 22.0 Å². The molecule has 0 spiro atoms. The number of nitrogens with zero attached hydrogens (tertiary/aromatic N) is 3. The molecule has 0 radical (unpaired) electrons. The zero-order valence-electron chi connectivity index (χ0n) is 20.6. The zero-order chi connectivity index (χ0) is 26.7. The van der Waals surface area contributed by atoms with Gasteiger partial charge in [-0.3, -0.25) is 4.79 Å². The first-order valence-electron chi connectivity index (χ1n) is 11.4. The number of aromatic nitrogens is 2. The number of likely N-dealkylation sites (N-methyl/N-ethyl adjacent to an activating group) is 1. The van der Waals surface area contributed by atoms with Crippen molar-refractivity contribution in [2.45, 2.75) is 13.1 Å². The first-order valence-corrected chi connectivity index (χ1v) is 11.4. The van der Waals surface area contributed by atoms with E-state index in [0.29, 0.717) is 17.6 Å². The van der Waals surface area contributed by atoms with Crippen LogP contribution < -0.4 is 15.8 Å². The number of ether oxygens (including phenoxy) is 1. The lowest BCUT2D eigenvalue weighted by Crippen LogP contribution is -2.20. The molecule has 0 saturated carbocycles. The zero-order valence-corrected chi connectivity index (χ0v) is 20.6. The number of hydrogen-bond donors (Lipinski definition) is 2. The Labute approximate surface area is 212 Å². The quantitative estimate of drug-likeness (QED) is 0.347. The van der Waals surface area contributed by atoms with Gasteiger partial charge >= 0.3 is 6.18 Å². The summed E-state index contributed by atoms with van der Waals surface area (Å²) in [5.74, 6) is -0.344. The molecule has 3 aromatic carbocycles.